The largest absolute Gasteiger partial charge is 0.494 e. The number of likely N-dealkylation sites (N-methyl/N-ethyl adjacent to an activating group) is 1. The van der Waals surface area contributed by atoms with E-state index in [1.165, 1.54) is 7.11 Å². The average Bonchev–Trinajstić information content (AvgIpc) is 2.78. The summed E-state index contributed by atoms with van der Waals surface area (Å²) in [7, 11) is 7.61. The Morgan fingerprint density at radius 2 is 1.97 bits per heavy atom. The smallest absolute Gasteiger partial charge is 0.191 e. The minimum atomic E-state index is -0.300. The molecule has 2 saturated heterocycles. The van der Waals surface area contributed by atoms with E-state index >= 15 is 0 Å². The number of ether oxygens (including phenoxy) is 2. The summed E-state index contributed by atoms with van der Waals surface area (Å²) in [5.74, 6) is 0.859. The van der Waals surface area contributed by atoms with Gasteiger partial charge in [-0.05, 0) is 57.5 Å². The van der Waals surface area contributed by atoms with Crippen LogP contribution in [-0.4, -0.2) is 88.4 Å². The minimum absolute atomic E-state index is 0. The zero-order valence-corrected chi connectivity index (χ0v) is 22.2. The summed E-state index contributed by atoms with van der Waals surface area (Å²) < 4.78 is 24.5. The summed E-state index contributed by atoms with van der Waals surface area (Å²) >= 11 is 0. The number of nitrogens with zero attached hydrogens (tertiary/aromatic N) is 3. The average molecular weight is 564 g/mol. The Morgan fingerprint density at radius 1 is 1.28 bits per heavy atom. The standard InChI is InChI=1S/C23H38FN5O2.HI/c1-25-22(26-17-23(28(2)3)9-13-31-14-10-23)27-19-7-11-29(12-8-19)16-18-5-6-21(30-4)20(24)15-18;/h5-6,15,19H,7-14,16-17H2,1-4H3,(H2,25,26,27);1H. The lowest BCUT2D eigenvalue weighted by Gasteiger charge is -2.43. The molecule has 0 saturated carbocycles. The van der Waals surface area contributed by atoms with E-state index in [9.17, 15) is 4.39 Å². The van der Waals surface area contributed by atoms with Crippen LogP contribution in [0.15, 0.2) is 23.2 Å². The maximum Gasteiger partial charge on any atom is 0.191 e. The van der Waals surface area contributed by atoms with Gasteiger partial charge < -0.3 is 25.0 Å². The summed E-state index contributed by atoms with van der Waals surface area (Å²) in [5, 5.41) is 7.15. The zero-order valence-electron chi connectivity index (χ0n) is 19.8. The quantitative estimate of drug-likeness (QED) is 0.303. The van der Waals surface area contributed by atoms with E-state index in [4.69, 9.17) is 9.47 Å². The Kier molecular flexibility index (Phi) is 10.9. The molecule has 0 atom stereocenters. The van der Waals surface area contributed by atoms with Gasteiger partial charge in [-0.3, -0.25) is 9.89 Å². The van der Waals surface area contributed by atoms with Gasteiger partial charge in [-0.1, -0.05) is 6.07 Å². The molecule has 0 unspecified atom stereocenters. The van der Waals surface area contributed by atoms with E-state index in [0.717, 1.165) is 76.6 Å². The second-order valence-corrected chi connectivity index (χ2v) is 8.82. The number of hydrogen-bond donors (Lipinski definition) is 2. The monoisotopic (exact) mass is 563 g/mol. The van der Waals surface area contributed by atoms with Gasteiger partial charge in [0.2, 0.25) is 0 Å². The second kappa shape index (κ2) is 12.9. The molecule has 2 aliphatic rings. The van der Waals surface area contributed by atoms with Crippen LogP contribution >= 0.6 is 24.0 Å². The highest BCUT2D eigenvalue weighted by molar-refractivity contribution is 14.0. The molecule has 2 fully saturated rings. The van der Waals surface area contributed by atoms with Crippen molar-refractivity contribution in [1.82, 2.24) is 20.4 Å². The number of piperidine rings is 1. The molecule has 0 aliphatic carbocycles. The van der Waals surface area contributed by atoms with E-state index in [0.29, 0.717) is 11.8 Å². The molecule has 182 valence electrons. The summed E-state index contributed by atoms with van der Waals surface area (Å²) in [4.78, 5) is 9.14. The number of rotatable bonds is 7. The number of methoxy groups -OCH3 is 1. The lowest BCUT2D eigenvalue weighted by molar-refractivity contribution is -0.00504. The first-order valence-electron chi connectivity index (χ1n) is 11.2. The Labute approximate surface area is 209 Å². The summed E-state index contributed by atoms with van der Waals surface area (Å²) in [6, 6.07) is 5.61. The third kappa shape index (κ3) is 7.16. The van der Waals surface area contributed by atoms with Crippen LogP contribution in [0.2, 0.25) is 0 Å². The van der Waals surface area contributed by atoms with E-state index in [2.05, 4.69) is 39.5 Å². The van der Waals surface area contributed by atoms with Crippen molar-refractivity contribution in [3.05, 3.63) is 29.6 Å². The molecule has 7 nitrogen and oxygen atoms in total. The van der Waals surface area contributed by atoms with Gasteiger partial charge in [-0.15, -0.1) is 24.0 Å². The summed E-state index contributed by atoms with van der Waals surface area (Å²) in [6.07, 6.45) is 4.11. The maximum absolute atomic E-state index is 13.9. The topological polar surface area (TPSA) is 61.4 Å². The number of aliphatic imine (C=N–C) groups is 1. The Balaban J connectivity index is 0.00000363. The van der Waals surface area contributed by atoms with Crippen LogP contribution in [0.4, 0.5) is 4.39 Å². The molecular weight excluding hydrogens is 524 g/mol. The Hall–Kier alpha value is -1.17. The molecule has 0 aromatic heterocycles. The van der Waals surface area contributed by atoms with Crippen LogP contribution in [0.3, 0.4) is 0 Å². The van der Waals surface area contributed by atoms with Gasteiger partial charge in [-0.2, -0.15) is 0 Å². The molecule has 2 N–H and O–H groups in total. The Morgan fingerprint density at radius 3 is 2.53 bits per heavy atom. The van der Waals surface area contributed by atoms with Gasteiger partial charge in [-0.25, -0.2) is 4.39 Å². The van der Waals surface area contributed by atoms with Crippen molar-refractivity contribution in [2.24, 2.45) is 4.99 Å². The maximum atomic E-state index is 13.9. The first-order chi connectivity index (χ1) is 15.0. The number of halogens is 2. The SMILES string of the molecule is CN=C(NCC1(N(C)C)CCOCC1)NC1CCN(Cc2ccc(OC)c(F)c2)CC1.I. The number of hydrogen-bond acceptors (Lipinski definition) is 5. The molecular formula is C23H39FIN5O2. The van der Waals surface area contributed by atoms with Crippen LogP contribution in [0.1, 0.15) is 31.2 Å². The van der Waals surface area contributed by atoms with Crippen molar-refractivity contribution in [1.29, 1.82) is 0 Å². The highest BCUT2D eigenvalue weighted by Gasteiger charge is 2.35. The fourth-order valence-corrected chi connectivity index (χ4v) is 4.47. The van der Waals surface area contributed by atoms with Gasteiger partial charge in [0.1, 0.15) is 0 Å². The summed E-state index contributed by atoms with van der Waals surface area (Å²) in [6.45, 7) is 5.17. The van der Waals surface area contributed by atoms with E-state index in [1.807, 2.05) is 13.1 Å². The van der Waals surface area contributed by atoms with Crippen molar-refractivity contribution in [3.63, 3.8) is 0 Å². The molecule has 2 heterocycles. The minimum Gasteiger partial charge on any atom is -0.494 e. The van der Waals surface area contributed by atoms with Crippen molar-refractivity contribution in [3.8, 4) is 5.75 Å². The predicted octanol–water partition coefficient (Wildman–Crippen LogP) is 2.69. The van der Waals surface area contributed by atoms with Crippen LogP contribution in [0, 0.1) is 5.82 Å². The van der Waals surface area contributed by atoms with Gasteiger partial charge in [0.15, 0.2) is 17.5 Å². The summed E-state index contributed by atoms with van der Waals surface area (Å²) in [5.41, 5.74) is 1.08. The molecule has 0 amide bonds. The number of nitrogens with one attached hydrogen (secondary N) is 2. The van der Waals surface area contributed by atoms with Gasteiger partial charge in [0.25, 0.3) is 0 Å². The molecule has 3 rings (SSSR count). The van der Waals surface area contributed by atoms with Gasteiger partial charge in [0.05, 0.1) is 7.11 Å². The number of guanidine groups is 1. The van der Waals surface area contributed by atoms with Crippen molar-refractivity contribution >= 4 is 29.9 Å². The van der Waals surface area contributed by atoms with E-state index < -0.39 is 0 Å². The van der Waals surface area contributed by atoms with Crippen LogP contribution in [0.5, 0.6) is 5.75 Å². The highest BCUT2D eigenvalue weighted by atomic mass is 127. The van der Waals surface area contributed by atoms with Crippen molar-refractivity contribution < 1.29 is 13.9 Å². The fraction of sp³-hybridized carbons (Fsp3) is 0.696. The van der Waals surface area contributed by atoms with E-state index in [-0.39, 0.29) is 35.3 Å². The number of likely N-dealkylation sites (tertiary alicyclic amines) is 1. The van der Waals surface area contributed by atoms with Crippen LogP contribution in [-0.2, 0) is 11.3 Å². The van der Waals surface area contributed by atoms with E-state index in [1.54, 1.807) is 12.1 Å². The molecule has 0 radical (unpaired) electrons. The van der Waals surface area contributed by atoms with Crippen LogP contribution < -0.4 is 15.4 Å². The van der Waals surface area contributed by atoms with Gasteiger partial charge >= 0.3 is 0 Å². The number of benzene rings is 1. The normalized spacial score (nSPS) is 20.0. The zero-order chi connectivity index (χ0) is 22.3. The molecule has 0 bridgehead atoms. The first-order valence-corrected chi connectivity index (χ1v) is 11.2. The molecule has 0 spiro atoms. The second-order valence-electron chi connectivity index (χ2n) is 8.82. The van der Waals surface area contributed by atoms with Crippen LogP contribution in [0.25, 0.3) is 0 Å². The molecule has 9 heteroatoms. The lowest BCUT2D eigenvalue weighted by atomic mass is 9.88. The molecule has 32 heavy (non-hydrogen) atoms. The lowest BCUT2D eigenvalue weighted by Crippen LogP contribution is -2.58. The van der Waals surface area contributed by atoms with Crippen molar-refractivity contribution in [2.45, 2.75) is 43.8 Å². The highest BCUT2D eigenvalue weighted by Crippen LogP contribution is 2.25. The third-order valence-electron chi connectivity index (χ3n) is 6.73. The van der Waals surface area contributed by atoms with Crippen molar-refractivity contribution in [2.75, 3.05) is 61.1 Å². The fourth-order valence-electron chi connectivity index (χ4n) is 4.47. The third-order valence-corrected chi connectivity index (χ3v) is 6.73. The predicted molar refractivity (Wildman–Crippen MR) is 138 cm³/mol. The molecule has 1 aromatic carbocycles. The molecule has 1 aromatic rings. The molecule has 2 aliphatic heterocycles. The first kappa shape index (κ1) is 27.1. The van der Waals surface area contributed by atoms with Gasteiger partial charge in [0, 0.05) is 58.0 Å². The Bertz CT molecular complexity index is 735.